The molecule has 1 fully saturated rings. The monoisotopic (exact) mass is 297 g/mol. The third-order valence-electron chi connectivity index (χ3n) is 4.70. The second-order valence-corrected chi connectivity index (χ2v) is 6.81. The van der Waals surface area contributed by atoms with E-state index < -0.39 is 16.6 Å². The fourth-order valence-electron chi connectivity index (χ4n) is 2.35. The Bertz CT molecular complexity index is 465. The van der Waals surface area contributed by atoms with Gasteiger partial charge in [0, 0.05) is 38.2 Å². The SMILES string of the molecule is CCOC1(c2noc(C(C)(C)C(C)(C)N)n2)CCOCC1. The Morgan fingerprint density at radius 1 is 1.24 bits per heavy atom. The maximum atomic E-state index is 6.25. The molecule has 2 N–H and O–H groups in total. The third-order valence-corrected chi connectivity index (χ3v) is 4.70. The van der Waals surface area contributed by atoms with Crippen LogP contribution in [-0.4, -0.2) is 35.5 Å². The lowest BCUT2D eigenvalue weighted by Crippen LogP contribution is -2.50. The predicted octanol–water partition coefficient (Wildman–Crippen LogP) is 2.13. The highest BCUT2D eigenvalue weighted by Crippen LogP contribution is 2.37. The Balaban J connectivity index is 2.33. The first kappa shape index (κ1) is 16.4. The van der Waals surface area contributed by atoms with Gasteiger partial charge in [-0.25, -0.2) is 0 Å². The average Bonchev–Trinajstić information content (AvgIpc) is 2.89. The average molecular weight is 297 g/mol. The molecule has 0 bridgehead atoms. The van der Waals surface area contributed by atoms with Crippen molar-refractivity contribution in [1.82, 2.24) is 10.1 Å². The zero-order chi connectivity index (χ0) is 15.7. The zero-order valence-electron chi connectivity index (χ0n) is 13.7. The van der Waals surface area contributed by atoms with Crippen LogP contribution in [0, 0.1) is 0 Å². The summed E-state index contributed by atoms with van der Waals surface area (Å²) < 4.78 is 16.9. The molecule has 0 radical (unpaired) electrons. The predicted molar refractivity (Wildman–Crippen MR) is 78.9 cm³/mol. The van der Waals surface area contributed by atoms with E-state index in [1.54, 1.807) is 0 Å². The van der Waals surface area contributed by atoms with E-state index in [1.165, 1.54) is 0 Å². The van der Waals surface area contributed by atoms with Gasteiger partial charge in [0.05, 0.1) is 5.41 Å². The Morgan fingerprint density at radius 3 is 2.38 bits per heavy atom. The molecule has 0 saturated carbocycles. The molecule has 0 aliphatic carbocycles. The van der Waals surface area contributed by atoms with Gasteiger partial charge in [-0.3, -0.25) is 0 Å². The minimum atomic E-state index is -0.496. The lowest BCUT2D eigenvalue weighted by molar-refractivity contribution is -0.118. The van der Waals surface area contributed by atoms with Crippen LogP contribution >= 0.6 is 0 Å². The van der Waals surface area contributed by atoms with E-state index in [1.807, 2.05) is 34.6 Å². The van der Waals surface area contributed by atoms with E-state index in [0.29, 0.717) is 31.5 Å². The fourth-order valence-corrected chi connectivity index (χ4v) is 2.35. The number of rotatable bonds is 5. The van der Waals surface area contributed by atoms with Crippen molar-refractivity contribution in [3.05, 3.63) is 11.7 Å². The maximum Gasteiger partial charge on any atom is 0.234 e. The van der Waals surface area contributed by atoms with Gasteiger partial charge in [0.25, 0.3) is 0 Å². The largest absolute Gasteiger partial charge is 0.381 e. The van der Waals surface area contributed by atoms with Crippen molar-refractivity contribution >= 4 is 0 Å². The van der Waals surface area contributed by atoms with Crippen molar-refractivity contribution in [3.63, 3.8) is 0 Å². The molecule has 1 saturated heterocycles. The first-order valence-electron chi connectivity index (χ1n) is 7.58. The van der Waals surface area contributed by atoms with E-state index in [0.717, 1.165) is 12.8 Å². The van der Waals surface area contributed by atoms with Gasteiger partial charge in [-0.2, -0.15) is 4.98 Å². The van der Waals surface area contributed by atoms with E-state index in [2.05, 4.69) is 10.1 Å². The van der Waals surface area contributed by atoms with Crippen molar-refractivity contribution in [2.45, 2.75) is 64.0 Å². The summed E-state index contributed by atoms with van der Waals surface area (Å²) in [6.07, 6.45) is 1.48. The van der Waals surface area contributed by atoms with Gasteiger partial charge < -0.3 is 19.7 Å². The number of ether oxygens (including phenoxy) is 2. The van der Waals surface area contributed by atoms with Gasteiger partial charge in [0.2, 0.25) is 11.7 Å². The first-order chi connectivity index (χ1) is 9.73. The molecule has 120 valence electrons. The van der Waals surface area contributed by atoms with Gasteiger partial charge in [-0.1, -0.05) is 5.16 Å². The highest BCUT2D eigenvalue weighted by molar-refractivity contribution is 5.13. The zero-order valence-corrected chi connectivity index (χ0v) is 13.7. The minimum absolute atomic E-state index is 0.420. The summed E-state index contributed by atoms with van der Waals surface area (Å²) in [6.45, 7) is 11.8. The molecule has 6 heteroatoms. The quantitative estimate of drug-likeness (QED) is 0.896. The van der Waals surface area contributed by atoms with Crippen molar-refractivity contribution < 1.29 is 14.0 Å². The molecule has 1 aromatic heterocycles. The Labute approximate surface area is 126 Å². The summed E-state index contributed by atoms with van der Waals surface area (Å²) in [5.74, 6) is 1.16. The molecule has 0 aromatic carbocycles. The molecular weight excluding hydrogens is 270 g/mol. The Morgan fingerprint density at radius 2 is 1.86 bits per heavy atom. The number of hydrogen-bond acceptors (Lipinski definition) is 6. The summed E-state index contributed by atoms with van der Waals surface area (Å²) >= 11 is 0. The molecule has 21 heavy (non-hydrogen) atoms. The first-order valence-corrected chi connectivity index (χ1v) is 7.58. The van der Waals surface area contributed by atoms with Crippen LogP contribution in [0.2, 0.25) is 0 Å². The Kier molecular flexibility index (Phi) is 4.42. The van der Waals surface area contributed by atoms with E-state index in [9.17, 15) is 0 Å². The maximum absolute atomic E-state index is 6.25. The van der Waals surface area contributed by atoms with Crippen LogP contribution in [0.25, 0.3) is 0 Å². The van der Waals surface area contributed by atoms with Gasteiger partial charge in [0.15, 0.2) is 0 Å². The van der Waals surface area contributed by atoms with Gasteiger partial charge in [-0.15, -0.1) is 0 Å². The van der Waals surface area contributed by atoms with Crippen LogP contribution in [0.4, 0.5) is 0 Å². The van der Waals surface area contributed by atoms with Gasteiger partial charge in [0.1, 0.15) is 5.60 Å². The van der Waals surface area contributed by atoms with Crippen molar-refractivity contribution in [2.75, 3.05) is 19.8 Å². The number of aromatic nitrogens is 2. The number of nitrogens with zero attached hydrogens (tertiary/aromatic N) is 2. The standard InChI is InChI=1S/C15H27N3O3/c1-6-20-15(7-9-19-10-8-15)11-17-12(21-18-11)13(2,3)14(4,5)16/h6-10,16H2,1-5H3. The highest BCUT2D eigenvalue weighted by Gasteiger charge is 2.44. The van der Waals surface area contributed by atoms with Crippen LogP contribution in [0.5, 0.6) is 0 Å². The molecule has 0 atom stereocenters. The summed E-state index contributed by atoms with van der Waals surface area (Å²) in [4.78, 5) is 4.62. The molecule has 2 rings (SSSR count). The smallest absolute Gasteiger partial charge is 0.234 e. The van der Waals surface area contributed by atoms with Gasteiger partial charge in [-0.05, 0) is 34.6 Å². The minimum Gasteiger partial charge on any atom is -0.381 e. The lowest BCUT2D eigenvalue weighted by Gasteiger charge is -2.35. The van der Waals surface area contributed by atoms with Crippen molar-refractivity contribution in [3.8, 4) is 0 Å². The van der Waals surface area contributed by atoms with Crippen LogP contribution < -0.4 is 5.73 Å². The summed E-state index contributed by atoms with van der Waals surface area (Å²) in [6, 6.07) is 0. The molecular formula is C15H27N3O3. The normalized spacial score (nSPS) is 19.7. The Hall–Kier alpha value is -0.980. The second kappa shape index (κ2) is 5.66. The van der Waals surface area contributed by atoms with Crippen LogP contribution in [0.15, 0.2) is 4.52 Å². The van der Waals surface area contributed by atoms with Crippen molar-refractivity contribution in [1.29, 1.82) is 0 Å². The molecule has 0 amide bonds. The summed E-state index contributed by atoms with van der Waals surface area (Å²) in [5, 5.41) is 4.19. The number of nitrogens with two attached hydrogens (primary N) is 1. The van der Waals surface area contributed by atoms with Crippen LogP contribution in [0.1, 0.15) is 59.2 Å². The molecule has 6 nitrogen and oxygen atoms in total. The van der Waals surface area contributed by atoms with Crippen LogP contribution in [-0.2, 0) is 20.5 Å². The van der Waals surface area contributed by atoms with Crippen molar-refractivity contribution in [2.24, 2.45) is 5.73 Å². The summed E-state index contributed by atoms with van der Waals surface area (Å²) in [5.41, 5.74) is 4.86. The topological polar surface area (TPSA) is 83.4 Å². The summed E-state index contributed by atoms with van der Waals surface area (Å²) in [7, 11) is 0. The third kappa shape index (κ3) is 2.98. The molecule has 2 heterocycles. The molecule has 0 spiro atoms. The van der Waals surface area contributed by atoms with E-state index in [4.69, 9.17) is 19.7 Å². The fraction of sp³-hybridized carbons (Fsp3) is 0.867. The van der Waals surface area contributed by atoms with Gasteiger partial charge >= 0.3 is 0 Å². The van der Waals surface area contributed by atoms with Crippen LogP contribution in [0.3, 0.4) is 0 Å². The molecule has 1 aliphatic rings. The number of hydrogen-bond donors (Lipinski definition) is 1. The highest BCUT2D eigenvalue weighted by atomic mass is 16.5. The molecule has 1 aromatic rings. The second-order valence-electron chi connectivity index (χ2n) is 6.81. The lowest BCUT2D eigenvalue weighted by atomic mass is 9.75. The van der Waals surface area contributed by atoms with E-state index in [-0.39, 0.29) is 0 Å². The molecule has 0 unspecified atom stereocenters. The molecule has 1 aliphatic heterocycles. The van der Waals surface area contributed by atoms with E-state index >= 15 is 0 Å².